The number of rotatable bonds is 8. The van der Waals surface area contributed by atoms with Crippen LogP contribution in [0.3, 0.4) is 0 Å². The van der Waals surface area contributed by atoms with Crippen LogP contribution in [0.15, 0.2) is 18.2 Å². The van der Waals surface area contributed by atoms with Gasteiger partial charge in [0.2, 0.25) is 0 Å². The molecule has 0 saturated heterocycles. The highest BCUT2D eigenvalue weighted by molar-refractivity contribution is 5.39. The molecule has 0 heterocycles. The molecular weight excluding hydrogens is 248 g/mol. The zero-order chi connectivity index (χ0) is 15.0. The van der Waals surface area contributed by atoms with Gasteiger partial charge in [0.15, 0.2) is 0 Å². The maximum atomic E-state index is 9.36. The number of nitrogens with one attached hydrogen (secondary N) is 1. The normalized spacial score (nSPS) is 13.6. The smallest absolute Gasteiger partial charge is 0.125 e. The number of para-hydroxylation sites is 1. The van der Waals surface area contributed by atoms with Crippen molar-refractivity contribution in [2.45, 2.75) is 52.5 Å². The third-order valence-corrected chi connectivity index (χ3v) is 3.74. The van der Waals surface area contributed by atoms with Crippen LogP contribution in [-0.2, 0) is 0 Å². The first kappa shape index (κ1) is 16.5. The van der Waals surface area contributed by atoms with Gasteiger partial charge in [-0.25, -0.2) is 0 Å². The fourth-order valence-corrected chi connectivity index (χ4v) is 2.48. The van der Waals surface area contributed by atoms with Crippen LogP contribution in [0.1, 0.15) is 44.2 Å². The van der Waals surface area contributed by atoms with Gasteiger partial charge < -0.3 is 4.74 Å². The molecule has 0 aliphatic heterocycles. The highest BCUT2D eigenvalue weighted by atomic mass is 16.5. The van der Waals surface area contributed by atoms with E-state index in [1.54, 1.807) is 0 Å². The number of nitrogens with zero attached hydrogens (tertiary/aromatic N) is 1. The molecule has 0 bridgehead atoms. The van der Waals surface area contributed by atoms with Crippen LogP contribution >= 0.6 is 0 Å². The summed E-state index contributed by atoms with van der Waals surface area (Å²) in [7, 11) is 0. The fraction of sp³-hybridized carbons (Fsp3) is 0.588. The Morgan fingerprint density at radius 3 is 2.40 bits per heavy atom. The minimum atomic E-state index is -0.404. The van der Waals surface area contributed by atoms with E-state index in [4.69, 9.17) is 4.74 Å². The van der Waals surface area contributed by atoms with E-state index >= 15 is 0 Å². The van der Waals surface area contributed by atoms with E-state index in [0.29, 0.717) is 6.61 Å². The predicted octanol–water partition coefficient (Wildman–Crippen LogP) is 3.74. The first-order valence-electron chi connectivity index (χ1n) is 7.44. The Kier molecular flexibility index (Phi) is 6.54. The van der Waals surface area contributed by atoms with E-state index in [1.165, 1.54) is 11.1 Å². The SMILES string of the molecule is CCNC(C#N)(CC)CCCOc1c(C)cccc1C. The van der Waals surface area contributed by atoms with Crippen LogP contribution in [0.25, 0.3) is 0 Å². The van der Waals surface area contributed by atoms with Crippen molar-refractivity contribution in [1.29, 1.82) is 5.26 Å². The topological polar surface area (TPSA) is 45.0 Å². The van der Waals surface area contributed by atoms with Crippen molar-refractivity contribution in [3.63, 3.8) is 0 Å². The number of benzene rings is 1. The minimum Gasteiger partial charge on any atom is -0.493 e. The van der Waals surface area contributed by atoms with Crippen molar-refractivity contribution in [2.24, 2.45) is 0 Å². The van der Waals surface area contributed by atoms with Gasteiger partial charge in [-0.15, -0.1) is 0 Å². The second-order valence-corrected chi connectivity index (χ2v) is 5.25. The van der Waals surface area contributed by atoms with Crippen LogP contribution in [0.4, 0.5) is 0 Å². The first-order valence-corrected chi connectivity index (χ1v) is 7.44. The van der Waals surface area contributed by atoms with Crippen molar-refractivity contribution >= 4 is 0 Å². The average Bonchev–Trinajstić information content (AvgIpc) is 2.45. The molecule has 1 aromatic rings. The zero-order valence-electron chi connectivity index (χ0n) is 13.1. The fourth-order valence-electron chi connectivity index (χ4n) is 2.48. The Hall–Kier alpha value is -1.53. The lowest BCUT2D eigenvalue weighted by atomic mass is 9.92. The van der Waals surface area contributed by atoms with E-state index in [9.17, 15) is 5.26 Å². The molecule has 110 valence electrons. The van der Waals surface area contributed by atoms with Gasteiger partial charge in [0, 0.05) is 0 Å². The van der Waals surface area contributed by atoms with Crippen LogP contribution < -0.4 is 10.1 Å². The van der Waals surface area contributed by atoms with E-state index in [2.05, 4.69) is 44.3 Å². The largest absolute Gasteiger partial charge is 0.493 e. The molecule has 0 amide bonds. The Labute approximate surface area is 123 Å². The second kappa shape index (κ2) is 7.91. The van der Waals surface area contributed by atoms with Gasteiger partial charge in [0.05, 0.1) is 12.7 Å². The van der Waals surface area contributed by atoms with Gasteiger partial charge in [0.1, 0.15) is 11.3 Å². The number of aryl methyl sites for hydroxylation is 2. The second-order valence-electron chi connectivity index (χ2n) is 5.25. The van der Waals surface area contributed by atoms with Gasteiger partial charge >= 0.3 is 0 Å². The van der Waals surface area contributed by atoms with E-state index in [-0.39, 0.29) is 0 Å². The molecule has 0 aliphatic rings. The average molecular weight is 274 g/mol. The summed E-state index contributed by atoms with van der Waals surface area (Å²) < 4.78 is 5.89. The molecule has 0 aliphatic carbocycles. The standard InChI is InChI=1S/C17H26N2O/c1-5-17(13-18,19-6-2)11-8-12-20-16-14(3)9-7-10-15(16)4/h7,9-10,19H,5-6,8,11-12H2,1-4H3. The van der Waals surface area contributed by atoms with Gasteiger partial charge in [-0.05, 0) is 50.8 Å². The predicted molar refractivity (Wildman–Crippen MR) is 83.0 cm³/mol. The summed E-state index contributed by atoms with van der Waals surface area (Å²) >= 11 is 0. The lowest BCUT2D eigenvalue weighted by Gasteiger charge is -2.26. The number of hydrogen-bond acceptors (Lipinski definition) is 3. The molecule has 3 heteroatoms. The highest BCUT2D eigenvalue weighted by Gasteiger charge is 2.25. The van der Waals surface area contributed by atoms with Gasteiger partial charge in [-0.1, -0.05) is 32.0 Å². The van der Waals surface area contributed by atoms with Crippen molar-refractivity contribution in [3.05, 3.63) is 29.3 Å². The van der Waals surface area contributed by atoms with Gasteiger partial charge in [0.25, 0.3) is 0 Å². The summed E-state index contributed by atoms with van der Waals surface area (Å²) in [5, 5.41) is 12.7. The monoisotopic (exact) mass is 274 g/mol. The van der Waals surface area contributed by atoms with Crippen molar-refractivity contribution in [2.75, 3.05) is 13.2 Å². The Balaban J connectivity index is 2.51. The maximum Gasteiger partial charge on any atom is 0.125 e. The minimum absolute atomic E-state index is 0.404. The van der Waals surface area contributed by atoms with Crippen molar-refractivity contribution < 1.29 is 4.74 Å². The van der Waals surface area contributed by atoms with E-state index in [0.717, 1.165) is 31.6 Å². The summed E-state index contributed by atoms with van der Waals surface area (Å²) in [4.78, 5) is 0. The summed E-state index contributed by atoms with van der Waals surface area (Å²) in [5.74, 6) is 0.981. The Morgan fingerprint density at radius 1 is 1.25 bits per heavy atom. The lowest BCUT2D eigenvalue weighted by molar-refractivity contribution is 0.275. The Bertz CT molecular complexity index is 444. The molecule has 1 N–H and O–H groups in total. The summed E-state index contributed by atoms with van der Waals surface area (Å²) in [6, 6.07) is 8.59. The summed E-state index contributed by atoms with van der Waals surface area (Å²) in [5.41, 5.74) is 1.93. The van der Waals surface area contributed by atoms with Crippen LogP contribution in [0, 0.1) is 25.2 Å². The molecule has 0 fully saturated rings. The molecule has 3 nitrogen and oxygen atoms in total. The number of nitriles is 1. The number of hydrogen-bond donors (Lipinski definition) is 1. The molecule has 20 heavy (non-hydrogen) atoms. The zero-order valence-corrected chi connectivity index (χ0v) is 13.1. The maximum absolute atomic E-state index is 9.36. The Morgan fingerprint density at radius 2 is 1.90 bits per heavy atom. The highest BCUT2D eigenvalue weighted by Crippen LogP contribution is 2.23. The van der Waals surface area contributed by atoms with Crippen LogP contribution in [0.5, 0.6) is 5.75 Å². The van der Waals surface area contributed by atoms with Gasteiger partial charge in [-0.3, -0.25) is 5.32 Å². The molecule has 1 rings (SSSR count). The molecular formula is C17H26N2O. The quantitative estimate of drug-likeness (QED) is 0.734. The summed E-state index contributed by atoms with van der Waals surface area (Å²) in [6.45, 7) is 9.69. The molecule has 0 aromatic heterocycles. The molecule has 0 radical (unpaired) electrons. The molecule has 1 atom stereocenters. The van der Waals surface area contributed by atoms with E-state index in [1.807, 2.05) is 13.0 Å². The third kappa shape index (κ3) is 4.25. The molecule has 1 aromatic carbocycles. The van der Waals surface area contributed by atoms with Gasteiger partial charge in [-0.2, -0.15) is 5.26 Å². The van der Waals surface area contributed by atoms with Crippen molar-refractivity contribution in [1.82, 2.24) is 5.32 Å². The van der Waals surface area contributed by atoms with Crippen LogP contribution in [0.2, 0.25) is 0 Å². The van der Waals surface area contributed by atoms with Crippen molar-refractivity contribution in [3.8, 4) is 11.8 Å². The third-order valence-electron chi connectivity index (χ3n) is 3.74. The summed E-state index contributed by atoms with van der Waals surface area (Å²) in [6.07, 6.45) is 2.52. The van der Waals surface area contributed by atoms with Crippen LogP contribution in [-0.4, -0.2) is 18.7 Å². The first-order chi connectivity index (χ1) is 9.58. The molecule has 0 saturated carbocycles. The van der Waals surface area contributed by atoms with E-state index < -0.39 is 5.54 Å². The molecule has 1 unspecified atom stereocenters. The number of ether oxygens (including phenoxy) is 1. The lowest BCUT2D eigenvalue weighted by Crippen LogP contribution is -2.43. The molecule has 0 spiro atoms.